The first kappa shape index (κ1) is 21.9. The number of benzene rings is 2. The molecular formula is C22H22ClN3O3S. The third-order valence-corrected chi connectivity index (χ3v) is 5.61. The highest BCUT2D eigenvalue weighted by Crippen LogP contribution is 2.19. The number of carbonyl (C=O) groups is 1. The van der Waals surface area contributed by atoms with Crippen LogP contribution in [-0.4, -0.2) is 46.3 Å². The summed E-state index contributed by atoms with van der Waals surface area (Å²) in [6.45, 7) is 4.85. The fraction of sp³-hybridized carbons (Fsp3) is 0.227. The molecule has 0 fully saturated rings. The predicted octanol–water partition coefficient (Wildman–Crippen LogP) is 3.87. The molecule has 0 bridgehead atoms. The number of carbonyl (C=O) groups excluding carboxylic acids is 1. The fourth-order valence-corrected chi connectivity index (χ4v) is 3.82. The summed E-state index contributed by atoms with van der Waals surface area (Å²) in [6, 6.07) is 14.2. The summed E-state index contributed by atoms with van der Waals surface area (Å²) in [7, 11) is 1.72. The SMILES string of the molecule is C=CCn1c(SCC(=O)N(C)CCOc2ccc(Cl)cc2)nc2ccccc2c1=O. The van der Waals surface area contributed by atoms with Gasteiger partial charge in [0.1, 0.15) is 12.4 Å². The highest BCUT2D eigenvalue weighted by Gasteiger charge is 2.14. The molecule has 1 aromatic heterocycles. The average Bonchev–Trinajstić information content (AvgIpc) is 2.75. The minimum absolute atomic E-state index is 0.0766. The molecule has 0 N–H and O–H groups in total. The first-order valence-corrected chi connectivity index (χ1v) is 10.7. The van der Waals surface area contributed by atoms with E-state index in [9.17, 15) is 9.59 Å². The smallest absolute Gasteiger partial charge is 0.262 e. The van der Waals surface area contributed by atoms with E-state index in [4.69, 9.17) is 16.3 Å². The van der Waals surface area contributed by atoms with Crippen LogP contribution in [0.1, 0.15) is 0 Å². The van der Waals surface area contributed by atoms with E-state index in [-0.39, 0.29) is 17.2 Å². The van der Waals surface area contributed by atoms with Crippen molar-refractivity contribution in [1.29, 1.82) is 0 Å². The number of fused-ring (bicyclic) bond motifs is 1. The number of rotatable bonds is 9. The number of thioether (sulfide) groups is 1. The van der Waals surface area contributed by atoms with Gasteiger partial charge < -0.3 is 9.64 Å². The Balaban J connectivity index is 1.61. The van der Waals surface area contributed by atoms with E-state index < -0.39 is 0 Å². The van der Waals surface area contributed by atoms with Crippen molar-refractivity contribution in [2.24, 2.45) is 0 Å². The molecule has 0 spiro atoms. The molecule has 0 aliphatic heterocycles. The van der Waals surface area contributed by atoms with E-state index >= 15 is 0 Å². The van der Waals surface area contributed by atoms with E-state index in [1.54, 1.807) is 60.5 Å². The summed E-state index contributed by atoms with van der Waals surface area (Å²) in [5, 5.41) is 1.69. The van der Waals surface area contributed by atoms with E-state index in [1.807, 2.05) is 6.07 Å². The Kier molecular flexibility index (Phi) is 7.54. The maximum atomic E-state index is 12.8. The quantitative estimate of drug-likeness (QED) is 0.285. The van der Waals surface area contributed by atoms with E-state index in [1.165, 1.54) is 16.3 Å². The van der Waals surface area contributed by atoms with Crippen LogP contribution >= 0.6 is 23.4 Å². The average molecular weight is 444 g/mol. The van der Waals surface area contributed by atoms with Gasteiger partial charge in [0.2, 0.25) is 5.91 Å². The lowest BCUT2D eigenvalue weighted by atomic mass is 10.2. The van der Waals surface area contributed by atoms with Crippen molar-refractivity contribution in [3.05, 3.63) is 76.6 Å². The Labute approximate surface area is 184 Å². The van der Waals surface area contributed by atoms with Crippen molar-refractivity contribution < 1.29 is 9.53 Å². The molecule has 8 heteroatoms. The van der Waals surface area contributed by atoms with Gasteiger partial charge in [-0.3, -0.25) is 14.2 Å². The van der Waals surface area contributed by atoms with Gasteiger partial charge in [0.25, 0.3) is 5.56 Å². The molecule has 156 valence electrons. The maximum absolute atomic E-state index is 12.8. The second-order valence-electron chi connectivity index (χ2n) is 6.52. The monoisotopic (exact) mass is 443 g/mol. The minimum atomic E-state index is -0.139. The first-order valence-electron chi connectivity index (χ1n) is 9.35. The molecule has 0 aliphatic carbocycles. The zero-order valence-corrected chi connectivity index (χ0v) is 18.2. The van der Waals surface area contributed by atoms with Gasteiger partial charge in [0.05, 0.1) is 23.2 Å². The molecule has 0 radical (unpaired) electrons. The zero-order valence-electron chi connectivity index (χ0n) is 16.6. The molecule has 30 heavy (non-hydrogen) atoms. The Morgan fingerprint density at radius 1 is 1.27 bits per heavy atom. The number of aromatic nitrogens is 2. The molecule has 2 aromatic carbocycles. The second kappa shape index (κ2) is 10.3. The molecule has 1 heterocycles. The largest absolute Gasteiger partial charge is 0.492 e. The summed E-state index contributed by atoms with van der Waals surface area (Å²) < 4.78 is 7.17. The van der Waals surface area contributed by atoms with Crippen LogP contribution in [0.4, 0.5) is 0 Å². The molecule has 0 aliphatic rings. The van der Waals surface area contributed by atoms with Crippen LogP contribution in [0.2, 0.25) is 5.02 Å². The lowest BCUT2D eigenvalue weighted by molar-refractivity contribution is -0.127. The van der Waals surface area contributed by atoms with Gasteiger partial charge >= 0.3 is 0 Å². The lowest BCUT2D eigenvalue weighted by Gasteiger charge is -2.18. The van der Waals surface area contributed by atoms with Crippen LogP contribution < -0.4 is 10.3 Å². The van der Waals surface area contributed by atoms with Gasteiger partial charge in [-0.2, -0.15) is 0 Å². The molecule has 0 saturated carbocycles. The van der Waals surface area contributed by atoms with Crippen molar-refractivity contribution in [1.82, 2.24) is 14.5 Å². The summed E-state index contributed by atoms with van der Waals surface area (Å²) in [5.41, 5.74) is 0.475. The number of hydrogen-bond donors (Lipinski definition) is 0. The molecule has 1 amide bonds. The summed E-state index contributed by atoms with van der Waals surface area (Å²) in [6.07, 6.45) is 1.64. The van der Waals surface area contributed by atoms with Crippen molar-refractivity contribution in [3.63, 3.8) is 0 Å². The van der Waals surface area contributed by atoms with Crippen molar-refractivity contribution >= 4 is 40.2 Å². The number of likely N-dealkylation sites (N-methyl/N-ethyl adjacent to an activating group) is 1. The van der Waals surface area contributed by atoms with Gasteiger partial charge in [0.15, 0.2) is 5.16 Å². The molecule has 0 saturated heterocycles. The lowest BCUT2D eigenvalue weighted by Crippen LogP contribution is -2.32. The predicted molar refractivity (Wildman–Crippen MR) is 122 cm³/mol. The number of nitrogens with zero attached hydrogens (tertiary/aromatic N) is 3. The van der Waals surface area contributed by atoms with Gasteiger partial charge in [-0.15, -0.1) is 6.58 Å². The number of ether oxygens (including phenoxy) is 1. The third kappa shape index (κ3) is 5.43. The number of halogens is 1. The zero-order chi connectivity index (χ0) is 21.5. The standard InChI is InChI=1S/C22H22ClN3O3S/c1-3-12-26-21(28)18-6-4-5-7-19(18)24-22(26)30-15-20(27)25(2)13-14-29-17-10-8-16(23)9-11-17/h3-11H,1,12-15H2,2H3. The summed E-state index contributed by atoms with van der Waals surface area (Å²) in [5.74, 6) is 0.787. The Hall–Kier alpha value is -2.77. The van der Waals surface area contributed by atoms with E-state index in [2.05, 4.69) is 11.6 Å². The normalized spacial score (nSPS) is 10.7. The number of hydrogen-bond acceptors (Lipinski definition) is 5. The topological polar surface area (TPSA) is 64.4 Å². The first-order chi connectivity index (χ1) is 14.5. The van der Waals surface area contributed by atoms with Crippen molar-refractivity contribution in [3.8, 4) is 5.75 Å². The van der Waals surface area contributed by atoms with Gasteiger partial charge in [-0.1, -0.05) is 41.6 Å². The second-order valence-corrected chi connectivity index (χ2v) is 7.90. The van der Waals surface area contributed by atoms with Crippen LogP contribution in [0, 0.1) is 0 Å². The van der Waals surface area contributed by atoms with E-state index in [0.29, 0.717) is 46.5 Å². The number of allylic oxidation sites excluding steroid dienone is 1. The Morgan fingerprint density at radius 2 is 2.00 bits per heavy atom. The summed E-state index contributed by atoms with van der Waals surface area (Å²) in [4.78, 5) is 31.4. The maximum Gasteiger partial charge on any atom is 0.262 e. The third-order valence-electron chi connectivity index (χ3n) is 4.40. The van der Waals surface area contributed by atoms with Gasteiger partial charge in [-0.25, -0.2) is 4.98 Å². The molecule has 0 atom stereocenters. The number of para-hydroxylation sites is 1. The summed E-state index contributed by atoms with van der Waals surface area (Å²) >= 11 is 7.09. The molecular weight excluding hydrogens is 422 g/mol. The Bertz CT molecular complexity index is 1100. The van der Waals surface area contributed by atoms with Crippen LogP contribution in [0.15, 0.2) is 71.1 Å². The highest BCUT2D eigenvalue weighted by atomic mass is 35.5. The van der Waals surface area contributed by atoms with Gasteiger partial charge in [0, 0.05) is 18.6 Å². The van der Waals surface area contributed by atoms with Crippen LogP contribution in [0.3, 0.4) is 0 Å². The minimum Gasteiger partial charge on any atom is -0.492 e. The molecule has 0 unspecified atom stereocenters. The highest BCUT2D eigenvalue weighted by molar-refractivity contribution is 7.99. The molecule has 3 rings (SSSR count). The van der Waals surface area contributed by atoms with Gasteiger partial charge in [-0.05, 0) is 36.4 Å². The number of amides is 1. The van der Waals surface area contributed by atoms with E-state index in [0.717, 1.165) is 0 Å². The van der Waals surface area contributed by atoms with Crippen molar-refractivity contribution in [2.75, 3.05) is 26.0 Å². The molecule has 3 aromatic rings. The van der Waals surface area contributed by atoms with Crippen LogP contribution in [0.5, 0.6) is 5.75 Å². The molecule has 6 nitrogen and oxygen atoms in total. The van der Waals surface area contributed by atoms with Crippen molar-refractivity contribution in [2.45, 2.75) is 11.7 Å². The van der Waals surface area contributed by atoms with Crippen LogP contribution in [0.25, 0.3) is 10.9 Å². The fourth-order valence-electron chi connectivity index (χ4n) is 2.74. The Morgan fingerprint density at radius 3 is 2.73 bits per heavy atom. The van der Waals surface area contributed by atoms with Crippen LogP contribution in [-0.2, 0) is 11.3 Å².